The lowest BCUT2D eigenvalue weighted by Crippen LogP contribution is -2.33. The second kappa shape index (κ2) is 5.29. The van der Waals surface area contributed by atoms with Gasteiger partial charge in [-0.05, 0) is 12.5 Å². The number of carbonyl (C=O) groups excluding carboxylic acids is 1. The molecule has 1 aromatic carbocycles. The molecule has 3 rings (SSSR count). The fraction of sp³-hybridized carbons (Fsp3) is 0.438. The van der Waals surface area contributed by atoms with Crippen LogP contribution in [0.1, 0.15) is 37.8 Å². The van der Waals surface area contributed by atoms with Gasteiger partial charge in [0.25, 0.3) is 0 Å². The number of carbonyl (C=O) groups is 1. The minimum absolute atomic E-state index is 0.00481. The molecule has 1 aliphatic rings. The van der Waals surface area contributed by atoms with E-state index in [0.717, 1.165) is 30.5 Å². The number of likely N-dealkylation sites (tertiary alicyclic amines) is 1. The van der Waals surface area contributed by atoms with Crippen LogP contribution in [-0.2, 0) is 4.79 Å². The van der Waals surface area contributed by atoms with E-state index < -0.39 is 0 Å². The van der Waals surface area contributed by atoms with E-state index in [4.69, 9.17) is 5.73 Å². The molecule has 3 N–H and O–H groups in total. The lowest BCUT2D eigenvalue weighted by molar-refractivity contribution is -0.129. The Morgan fingerprint density at radius 3 is 3.00 bits per heavy atom. The molecular weight excluding hydrogens is 250 g/mol. The largest absolute Gasteiger partial charge is 0.361 e. The number of aromatic nitrogens is 1. The maximum Gasteiger partial charge on any atom is 0.224 e. The van der Waals surface area contributed by atoms with E-state index in [0.29, 0.717) is 6.42 Å². The monoisotopic (exact) mass is 271 g/mol. The number of rotatable bonds is 4. The molecule has 0 saturated carbocycles. The summed E-state index contributed by atoms with van der Waals surface area (Å²) in [4.78, 5) is 17.4. The molecular formula is C16H21N3O. The number of nitrogens with two attached hydrogens (primary N) is 1. The van der Waals surface area contributed by atoms with Gasteiger partial charge in [0.1, 0.15) is 0 Å². The topological polar surface area (TPSA) is 62.1 Å². The highest BCUT2D eigenvalue weighted by Crippen LogP contribution is 2.36. The molecule has 1 aliphatic heterocycles. The van der Waals surface area contributed by atoms with E-state index in [-0.39, 0.29) is 18.0 Å². The Morgan fingerprint density at radius 2 is 2.20 bits per heavy atom. The number of para-hydroxylation sites is 1. The van der Waals surface area contributed by atoms with Crippen LogP contribution in [0.4, 0.5) is 0 Å². The van der Waals surface area contributed by atoms with E-state index in [9.17, 15) is 4.79 Å². The first-order valence-electron chi connectivity index (χ1n) is 7.33. The summed E-state index contributed by atoms with van der Waals surface area (Å²) in [5.74, 6) is 0.182. The summed E-state index contributed by atoms with van der Waals surface area (Å²) in [6, 6.07) is 8.07. The zero-order valence-corrected chi connectivity index (χ0v) is 11.8. The third kappa shape index (κ3) is 2.10. The quantitative estimate of drug-likeness (QED) is 0.897. The van der Waals surface area contributed by atoms with Crippen LogP contribution in [0.25, 0.3) is 10.9 Å². The first-order chi connectivity index (χ1) is 9.72. The number of aromatic amines is 1. The number of unbranched alkanes of at least 4 members (excludes halogenated alkanes) is 1. The molecule has 1 saturated heterocycles. The molecule has 0 bridgehead atoms. The maximum atomic E-state index is 12.2. The molecule has 1 aromatic heterocycles. The maximum absolute atomic E-state index is 12.2. The van der Waals surface area contributed by atoms with E-state index in [1.165, 1.54) is 5.39 Å². The van der Waals surface area contributed by atoms with Crippen molar-refractivity contribution in [2.45, 2.75) is 38.3 Å². The van der Waals surface area contributed by atoms with Crippen molar-refractivity contribution in [2.24, 2.45) is 5.73 Å². The Hall–Kier alpha value is -1.81. The van der Waals surface area contributed by atoms with Crippen molar-refractivity contribution in [2.75, 3.05) is 6.54 Å². The summed E-state index contributed by atoms with van der Waals surface area (Å²) < 4.78 is 0. The van der Waals surface area contributed by atoms with E-state index in [1.807, 2.05) is 23.2 Å². The summed E-state index contributed by atoms with van der Waals surface area (Å²) in [5, 5.41) is 1.17. The molecule has 2 unspecified atom stereocenters. The van der Waals surface area contributed by atoms with Gasteiger partial charge < -0.3 is 15.6 Å². The van der Waals surface area contributed by atoms with Crippen LogP contribution >= 0.6 is 0 Å². The van der Waals surface area contributed by atoms with Crippen molar-refractivity contribution in [1.29, 1.82) is 0 Å². The summed E-state index contributed by atoms with van der Waals surface area (Å²) in [5.41, 5.74) is 8.49. The lowest BCUT2D eigenvalue weighted by atomic mass is 10.00. The van der Waals surface area contributed by atoms with Gasteiger partial charge in [0.05, 0.1) is 6.04 Å². The van der Waals surface area contributed by atoms with Crippen LogP contribution in [0.5, 0.6) is 0 Å². The Kier molecular flexibility index (Phi) is 3.49. The first kappa shape index (κ1) is 13.2. The normalized spacial score (nSPS) is 22.9. The highest BCUT2D eigenvalue weighted by Gasteiger charge is 2.39. The molecule has 2 aromatic rings. The van der Waals surface area contributed by atoms with Gasteiger partial charge in [0.2, 0.25) is 5.91 Å². The van der Waals surface area contributed by atoms with Crippen molar-refractivity contribution in [1.82, 2.24) is 9.88 Å². The number of H-pyrrole nitrogens is 1. The van der Waals surface area contributed by atoms with Crippen LogP contribution < -0.4 is 5.73 Å². The summed E-state index contributed by atoms with van der Waals surface area (Å²) in [6.07, 6.45) is 4.57. The standard InChI is InChI=1S/C16H21N3O/c1-2-3-8-19-15(20)9-13(17)16(19)12-10-18-14-7-5-4-6-11(12)14/h4-7,10,13,16,18H,2-3,8-9,17H2,1H3. The zero-order valence-electron chi connectivity index (χ0n) is 11.8. The second-order valence-electron chi connectivity index (χ2n) is 5.54. The number of hydrogen-bond donors (Lipinski definition) is 2. The molecule has 4 nitrogen and oxygen atoms in total. The average molecular weight is 271 g/mol. The molecule has 2 heterocycles. The van der Waals surface area contributed by atoms with Gasteiger partial charge in [-0.3, -0.25) is 4.79 Å². The zero-order chi connectivity index (χ0) is 14.1. The lowest BCUT2D eigenvalue weighted by Gasteiger charge is -2.26. The summed E-state index contributed by atoms with van der Waals surface area (Å²) in [6.45, 7) is 2.94. The van der Waals surface area contributed by atoms with Crippen molar-refractivity contribution < 1.29 is 4.79 Å². The predicted octanol–water partition coefficient (Wildman–Crippen LogP) is 2.57. The van der Waals surface area contributed by atoms with Crippen LogP contribution in [0.15, 0.2) is 30.5 Å². The summed E-state index contributed by atoms with van der Waals surface area (Å²) in [7, 11) is 0. The number of hydrogen-bond acceptors (Lipinski definition) is 2. The van der Waals surface area contributed by atoms with Gasteiger partial charge in [-0.25, -0.2) is 0 Å². The molecule has 106 valence electrons. The molecule has 0 spiro atoms. The van der Waals surface area contributed by atoms with Gasteiger partial charge in [0, 0.05) is 41.7 Å². The Morgan fingerprint density at radius 1 is 1.40 bits per heavy atom. The van der Waals surface area contributed by atoms with E-state index in [2.05, 4.69) is 24.0 Å². The van der Waals surface area contributed by atoms with Crippen molar-refractivity contribution >= 4 is 16.8 Å². The van der Waals surface area contributed by atoms with Crippen molar-refractivity contribution in [3.05, 3.63) is 36.0 Å². The smallest absolute Gasteiger partial charge is 0.224 e. The number of nitrogens with zero attached hydrogens (tertiary/aromatic N) is 1. The Labute approximate surface area is 118 Å². The minimum atomic E-state index is -0.112. The predicted molar refractivity (Wildman–Crippen MR) is 80.3 cm³/mol. The molecule has 20 heavy (non-hydrogen) atoms. The first-order valence-corrected chi connectivity index (χ1v) is 7.33. The van der Waals surface area contributed by atoms with Gasteiger partial charge in [-0.15, -0.1) is 0 Å². The molecule has 1 amide bonds. The number of nitrogens with one attached hydrogen (secondary N) is 1. The van der Waals surface area contributed by atoms with Crippen LogP contribution in [0.3, 0.4) is 0 Å². The highest BCUT2D eigenvalue weighted by atomic mass is 16.2. The molecule has 2 atom stereocenters. The minimum Gasteiger partial charge on any atom is -0.361 e. The number of amides is 1. The molecule has 0 aliphatic carbocycles. The third-order valence-corrected chi connectivity index (χ3v) is 4.16. The number of fused-ring (bicyclic) bond motifs is 1. The van der Waals surface area contributed by atoms with Gasteiger partial charge in [0.15, 0.2) is 0 Å². The summed E-state index contributed by atoms with van der Waals surface area (Å²) >= 11 is 0. The van der Waals surface area contributed by atoms with E-state index in [1.54, 1.807) is 0 Å². The average Bonchev–Trinajstić information content (AvgIpc) is 2.97. The van der Waals surface area contributed by atoms with Crippen LogP contribution in [-0.4, -0.2) is 28.4 Å². The third-order valence-electron chi connectivity index (χ3n) is 4.16. The second-order valence-corrected chi connectivity index (χ2v) is 5.54. The van der Waals surface area contributed by atoms with Gasteiger partial charge in [-0.2, -0.15) is 0 Å². The number of benzene rings is 1. The fourth-order valence-corrected chi connectivity index (χ4v) is 3.15. The SMILES string of the molecule is CCCCN1C(=O)CC(N)C1c1c[nH]c2ccccc12. The Bertz CT molecular complexity index is 619. The van der Waals surface area contributed by atoms with Crippen LogP contribution in [0, 0.1) is 0 Å². The molecule has 0 radical (unpaired) electrons. The van der Waals surface area contributed by atoms with Crippen LogP contribution in [0.2, 0.25) is 0 Å². The van der Waals surface area contributed by atoms with Gasteiger partial charge >= 0.3 is 0 Å². The molecule has 4 heteroatoms. The highest BCUT2D eigenvalue weighted by molar-refractivity contribution is 5.86. The van der Waals surface area contributed by atoms with Crippen molar-refractivity contribution in [3.8, 4) is 0 Å². The Balaban J connectivity index is 1.99. The van der Waals surface area contributed by atoms with E-state index >= 15 is 0 Å². The van der Waals surface area contributed by atoms with Crippen molar-refractivity contribution in [3.63, 3.8) is 0 Å². The fourth-order valence-electron chi connectivity index (χ4n) is 3.15. The van der Waals surface area contributed by atoms with Gasteiger partial charge in [-0.1, -0.05) is 31.5 Å². The molecule has 1 fully saturated rings.